The Labute approximate surface area is 223 Å². The molecule has 0 heterocycles. The topological polar surface area (TPSA) is 9.23 Å². The van der Waals surface area contributed by atoms with Crippen molar-refractivity contribution >= 4 is 0 Å². The van der Waals surface area contributed by atoms with Gasteiger partial charge in [0.2, 0.25) is 0 Å². The fourth-order valence-electron chi connectivity index (χ4n) is 7.33. The SMILES string of the molecule is CC1CCC(C2CCC(C(F)(F)Oc3ccc(C4CCC(c5ccc(F)c(F)c5)CC4)c(F)c3)CC2)CC1. The first kappa shape index (κ1) is 27.5. The van der Waals surface area contributed by atoms with Gasteiger partial charge in [0.1, 0.15) is 11.6 Å². The minimum atomic E-state index is -3.32. The summed E-state index contributed by atoms with van der Waals surface area (Å²) in [4.78, 5) is 0. The van der Waals surface area contributed by atoms with Crippen molar-refractivity contribution < 1.29 is 26.7 Å². The van der Waals surface area contributed by atoms with Crippen molar-refractivity contribution in [2.75, 3.05) is 0 Å². The van der Waals surface area contributed by atoms with Crippen LogP contribution in [0.1, 0.15) is 107 Å². The summed E-state index contributed by atoms with van der Waals surface area (Å²) in [7, 11) is 0. The van der Waals surface area contributed by atoms with Crippen LogP contribution in [0.3, 0.4) is 0 Å². The number of benzene rings is 2. The van der Waals surface area contributed by atoms with Gasteiger partial charge in [0.05, 0.1) is 5.92 Å². The highest BCUT2D eigenvalue weighted by Gasteiger charge is 2.45. The maximum atomic E-state index is 15.1. The Morgan fingerprint density at radius 1 is 0.632 bits per heavy atom. The summed E-state index contributed by atoms with van der Waals surface area (Å²) >= 11 is 0. The lowest BCUT2D eigenvalue weighted by Gasteiger charge is -2.38. The third-order valence-electron chi connectivity index (χ3n) is 9.78. The zero-order valence-electron chi connectivity index (χ0n) is 22.2. The number of hydrogen-bond donors (Lipinski definition) is 0. The van der Waals surface area contributed by atoms with Gasteiger partial charge in [0.25, 0.3) is 0 Å². The molecule has 0 atom stereocenters. The van der Waals surface area contributed by atoms with Crippen LogP contribution in [0.15, 0.2) is 36.4 Å². The van der Waals surface area contributed by atoms with Gasteiger partial charge in [0, 0.05) is 6.07 Å². The predicted molar refractivity (Wildman–Crippen MR) is 139 cm³/mol. The first-order chi connectivity index (χ1) is 18.2. The monoisotopic (exact) mass is 534 g/mol. The van der Waals surface area contributed by atoms with E-state index in [0.29, 0.717) is 43.1 Å². The molecular formula is C32H39F5O. The van der Waals surface area contributed by atoms with Gasteiger partial charge in [-0.25, -0.2) is 13.2 Å². The number of alkyl halides is 2. The lowest BCUT2D eigenvalue weighted by atomic mass is 9.69. The first-order valence-corrected chi connectivity index (χ1v) is 14.5. The van der Waals surface area contributed by atoms with Gasteiger partial charge in [-0.15, -0.1) is 0 Å². The fraction of sp³-hybridized carbons (Fsp3) is 0.625. The van der Waals surface area contributed by atoms with E-state index in [0.717, 1.165) is 49.3 Å². The molecule has 5 rings (SSSR count). The van der Waals surface area contributed by atoms with E-state index in [1.807, 2.05) is 0 Å². The van der Waals surface area contributed by atoms with E-state index >= 15 is 13.2 Å². The second kappa shape index (κ2) is 11.6. The van der Waals surface area contributed by atoms with Crippen molar-refractivity contribution in [2.24, 2.45) is 23.7 Å². The van der Waals surface area contributed by atoms with Crippen LogP contribution in [0.4, 0.5) is 22.0 Å². The molecular weight excluding hydrogens is 495 g/mol. The molecule has 38 heavy (non-hydrogen) atoms. The molecule has 208 valence electrons. The van der Waals surface area contributed by atoms with Gasteiger partial charge < -0.3 is 4.74 Å². The van der Waals surface area contributed by atoms with Crippen molar-refractivity contribution in [3.63, 3.8) is 0 Å². The summed E-state index contributed by atoms with van der Waals surface area (Å²) in [6.07, 6.45) is 7.03. The summed E-state index contributed by atoms with van der Waals surface area (Å²) < 4.78 is 77.2. The molecule has 2 aromatic rings. The van der Waals surface area contributed by atoms with Crippen LogP contribution in [0, 0.1) is 41.1 Å². The van der Waals surface area contributed by atoms with Crippen molar-refractivity contribution in [3.8, 4) is 5.75 Å². The van der Waals surface area contributed by atoms with E-state index in [9.17, 15) is 8.78 Å². The van der Waals surface area contributed by atoms with Gasteiger partial charge in [-0.05, 0) is 123 Å². The van der Waals surface area contributed by atoms with E-state index in [-0.39, 0.29) is 17.6 Å². The van der Waals surface area contributed by atoms with Gasteiger partial charge in [-0.2, -0.15) is 8.78 Å². The van der Waals surface area contributed by atoms with Crippen LogP contribution in [-0.2, 0) is 0 Å². The highest BCUT2D eigenvalue weighted by atomic mass is 19.3. The Hall–Kier alpha value is -2.11. The molecule has 0 saturated heterocycles. The zero-order valence-corrected chi connectivity index (χ0v) is 22.2. The Morgan fingerprint density at radius 2 is 1.24 bits per heavy atom. The average molecular weight is 535 g/mol. The van der Waals surface area contributed by atoms with E-state index in [2.05, 4.69) is 6.92 Å². The lowest BCUT2D eigenvalue weighted by Crippen LogP contribution is -2.38. The van der Waals surface area contributed by atoms with Crippen molar-refractivity contribution in [2.45, 2.75) is 102 Å². The zero-order chi connectivity index (χ0) is 26.9. The van der Waals surface area contributed by atoms with Crippen LogP contribution in [0.5, 0.6) is 5.75 Å². The van der Waals surface area contributed by atoms with Crippen molar-refractivity contribution in [1.29, 1.82) is 0 Å². The number of rotatable bonds is 6. The van der Waals surface area contributed by atoms with Crippen LogP contribution in [0.2, 0.25) is 0 Å². The average Bonchev–Trinajstić information content (AvgIpc) is 2.91. The molecule has 0 radical (unpaired) electrons. The highest BCUT2D eigenvalue weighted by molar-refractivity contribution is 5.32. The van der Waals surface area contributed by atoms with Crippen LogP contribution >= 0.6 is 0 Å². The number of halogens is 5. The Kier molecular flexibility index (Phi) is 8.35. The van der Waals surface area contributed by atoms with Crippen LogP contribution in [-0.4, -0.2) is 6.11 Å². The summed E-state index contributed by atoms with van der Waals surface area (Å²) in [5, 5.41) is 0. The van der Waals surface area contributed by atoms with Gasteiger partial charge in [-0.3, -0.25) is 0 Å². The van der Waals surface area contributed by atoms with Crippen LogP contribution in [0.25, 0.3) is 0 Å². The molecule has 0 N–H and O–H groups in total. The van der Waals surface area contributed by atoms with Crippen molar-refractivity contribution in [3.05, 3.63) is 65.0 Å². The molecule has 0 amide bonds. The molecule has 3 aliphatic carbocycles. The molecule has 0 aliphatic heterocycles. The maximum absolute atomic E-state index is 15.1. The third kappa shape index (κ3) is 6.20. The highest BCUT2D eigenvalue weighted by Crippen LogP contribution is 2.46. The standard InChI is InChI=1S/C32H39F5O/c1-20-2-4-21(5-3-20)22-10-13-26(14-11-22)32(36,37)38-27-15-16-28(30(34)19-27)24-8-6-23(7-9-24)25-12-17-29(33)31(35)18-25/h12,15-24,26H,2-11,13-14H2,1H3. The first-order valence-electron chi connectivity index (χ1n) is 14.5. The summed E-state index contributed by atoms with van der Waals surface area (Å²) in [5.74, 6) is -1.13. The fourth-order valence-corrected chi connectivity index (χ4v) is 7.33. The Morgan fingerprint density at radius 3 is 1.84 bits per heavy atom. The predicted octanol–water partition coefficient (Wildman–Crippen LogP) is 10.1. The molecule has 3 saturated carbocycles. The molecule has 1 nitrogen and oxygen atoms in total. The summed E-state index contributed by atoms with van der Waals surface area (Å²) in [5.41, 5.74) is 1.27. The Bertz CT molecular complexity index is 1080. The molecule has 6 heteroatoms. The largest absolute Gasteiger partial charge is 0.432 e. The summed E-state index contributed by atoms with van der Waals surface area (Å²) in [6, 6.07) is 8.13. The molecule has 0 unspecified atom stereocenters. The second-order valence-electron chi connectivity index (χ2n) is 12.2. The second-order valence-corrected chi connectivity index (χ2v) is 12.2. The number of ether oxygens (including phenoxy) is 1. The van der Waals surface area contributed by atoms with Crippen LogP contribution < -0.4 is 4.74 Å². The van der Waals surface area contributed by atoms with Gasteiger partial charge in [-0.1, -0.05) is 31.9 Å². The molecule has 0 spiro atoms. The summed E-state index contributed by atoms with van der Waals surface area (Å²) in [6.45, 7) is 2.30. The van der Waals surface area contributed by atoms with Gasteiger partial charge in [0.15, 0.2) is 11.6 Å². The quantitative estimate of drug-likeness (QED) is 0.335. The van der Waals surface area contributed by atoms with E-state index in [1.54, 1.807) is 12.1 Å². The normalized spacial score (nSPS) is 30.7. The molecule has 2 aromatic carbocycles. The van der Waals surface area contributed by atoms with E-state index in [4.69, 9.17) is 4.74 Å². The molecule has 3 aliphatic rings. The smallest absolute Gasteiger partial charge is 0.400 e. The molecule has 0 aromatic heterocycles. The molecule has 0 bridgehead atoms. The Balaban J connectivity index is 1.14. The lowest BCUT2D eigenvalue weighted by molar-refractivity contribution is -0.224. The third-order valence-corrected chi connectivity index (χ3v) is 9.78. The van der Waals surface area contributed by atoms with E-state index < -0.39 is 29.5 Å². The van der Waals surface area contributed by atoms with Gasteiger partial charge >= 0.3 is 6.11 Å². The molecule has 3 fully saturated rings. The van der Waals surface area contributed by atoms with Crippen molar-refractivity contribution in [1.82, 2.24) is 0 Å². The minimum absolute atomic E-state index is 0.0378. The number of hydrogen-bond acceptors (Lipinski definition) is 1. The maximum Gasteiger partial charge on any atom is 0.400 e. The van der Waals surface area contributed by atoms with E-state index in [1.165, 1.54) is 37.8 Å². The minimum Gasteiger partial charge on any atom is -0.432 e.